The van der Waals surface area contributed by atoms with E-state index >= 15 is 0 Å². The first-order valence-electron chi connectivity index (χ1n) is 5.66. The molecule has 2 aromatic heterocycles. The fourth-order valence-corrected chi connectivity index (χ4v) is 1.54. The zero-order valence-corrected chi connectivity index (χ0v) is 10.5. The highest BCUT2D eigenvalue weighted by Gasteiger charge is 2.15. The number of hydrogen-bond donors (Lipinski definition) is 3. The van der Waals surface area contributed by atoms with Crippen molar-refractivity contribution in [3.63, 3.8) is 0 Å². The van der Waals surface area contributed by atoms with Gasteiger partial charge >= 0.3 is 5.97 Å². The minimum Gasteiger partial charge on any atom is -0.477 e. The summed E-state index contributed by atoms with van der Waals surface area (Å²) in [6.07, 6.45) is 1.61. The lowest BCUT2D eigenvalue weighted by molar-refractivity contribution is 0.0690. The van der Waals surface area contributed by atoms with Gasteiger partial charge in [-0.05, 0) is 26.0 Å². The predicted octanol–water partition coefficient (Wildman–Crippen LogP) is 1.83. The van der Waals surface area contributed by atoms with Gasteiger partial charge in [0.1, 0.15) is 11.8 Å². The maximum Gasteiger partial charge on any atom is 0.354 e. The van der Waals surface area contributed by atoms with Crippen molar-refractivity contribution in [2.75, 3.05) is 11.1 Å². The van der Waals surface area contributed by atoms with Gasteiger partial charge in [-0.15, -0.1) is 0 Å². The zero-order valence-electron chi connectivity index (χ0n) is 10.5. The van der Waals surface area contributed by atoms with Crippen LogP contribution in [0.1, 0.15) is 35.1 Å². The van der Waals surface area contributed by atoms with Crippen LogP contribution < -0.4 is 11.1 Å². The first-order valence-corrected chi connectivity index (χ1v) is 5.66. The number of pyridine rings is 1. The molecule has 7 nitrogen and oxygen atoms in total. The highest BCUT2D eigenvalue weighted by Crippen LogP contribution is 2.22. The second kappa shape index (κ2) is 4.97. The highest BCUT2D eigenvalue weighted by atomic mass is 16.4. The van der Waals surface area contributed by atoms with Gasteiger partial charge in [-0.25, -0.2) is 14.8 Å². The van der Waals surface area contributed by atoms with E-state index < -0.39 is 5.97 Å². The molecule has 2 rings (SSSR count). The SMILES string of the molecule is Cc1cnc(C(C)Nc2nc(C(=O)O)ccc2N)o1. The molecule has 2 aromatic rings. The van der Waals surface area contributed by atoms with E-state index in [-0.39, 0.29) is 11.7 Å². The third kappa shape index (κ3) is 2.82. The van der Waals surface area contributed by atoms with Crippen LogP contribution in [0.4, 0.5) is 11.5 Å². The molecule has 4 N–H and O–H groups in total. The Bertz CT molecular complexity index is 609. The lowest BCUT2D eigenvalue weighted by Gasteiger charge is -2.13. The monoisotopic (exact) mass is 262 g/mol. The van der Waals surface area contributed by atoms with Crippen LogP contribution in [0.2, 0.25) is 0 Å². The molecule has 2 heterocycles. The lowest BCUT2D eigenvalue weighted by Crippen LogP contribution is -2.12. The third-order valence-corrected chi connectivity index (χ3v) is 2.51. The van der Waals surface area contributed by atoms with Crippen LogP contribution in [0.3, 0.4) is 0 Å². The number of hydrogen-bond acceptors (Lipinski definition) is 6. The fraction of sp³-hybridized carbons (Fsp3) is 0.250. The number of carboxylic acids is 1. The molecule has 0 saturated carbocycles. The number of aromatic carboxylic acids is 1. The topological polar surface area (TPSA) is 114 Å². The second-order valence-corrected chi connectivity index (χ2v) is 4.11. The van der Waals surface area contributed by atoms with Gasteiger partial charge in [0.05, 0.1) is 11.9 Å². The van der Waals surface area contributed by atoms with E-state index in [0.717, 1.165) is 0 Å². The number of aromatic nitrogens is 2. The lowest BCUT2D eigenvalue weighted by atomic mass is 10.3. The van der Waals surface area contributed by atoms with Crippen molar-refractivity contribution in [1.29, 1.82) is 0 Å². The third-order valence-electron chi connectivity index (χ3n) is 2.51. The summed E-state index contributed by atoms with van der Waals surface area (Å²) in [6.45, 7) is 3.61. The number of carbonyl (C=O) groups is 1. The van der Waals surface area contributed by atoms with Crippen LogP contribution >= 0.6 is 0 Å². The predicted molar refractivity (Wildman–Crippen MR) is 68.9 cm³/mol. The molecule has 100 valence electrons. The number of nitrogens with one attached hydrogen (secondary N) is 1. The van der Waals surface area contributed by atoms with Crippen molar-refractivity contribution in [2.45, 2.75) is 19.9 Å². The average Bonchev–Trinajstić information content (AvgIpc) is 2.78. The first kappa shape index (κ1) is 12.9. The van der Waals surface area contributed by atoms with Crippen molar-refractivity contribution < 1.29 is 14.3 Å². The van der Waals surface area contributed by atoms with Gasteiger partial charge in [-0.1, -0.05) is 0 Å². The molecule has 0 aliphatic rings. The highest BCUT2D eigenvalue weighted by molar-refractivity contribution is 5.86. The number of nitrogens with zero attached hydrogens (tertiary/aromatic N) is 2. The molecule has 1 unspecified atom stereocenters. The van der Waals surface area contributed by atoms with Crippen LogP contribution in [0.15, 0.2) is 22.7 Å². The summed E-state index contributed by atoms with van der Waals surface area (Å²) in [5, 5.41) is 11.9. The molecule has 7 heteroatoms. The summed E-state index contributed by atoms with van der Waals surface area (Å²) >= 11 is 0. The Morgan fingerprint density at radius 2 is 2.26 bits per heavy atom. The molecule has 0 amide bonds. The Hall–Kier alpha value is -2.57. The molecule has 0 aliphatic carbocycles. The van der Waals surface area contributed by atoms with Gasteiger partial charge in [-0.2, -0.15) is 0 Å². The Morgan fingerprint density at radius 3 is 2.84 bits per heavy atom. The van der Waals surface area contributed by atoms with Crippen LogP contribution in [-0.2, 0) is 0 Å². The van der Waals surface area contributed by atoms with E-state index in [4.69, 9.17) is 15.3 Å². The van der Waals surface area contributed by atoms with E-state index in [1.54, 1.807) is 13.1 Å². The second-order valence-electron chi connectivity index (χ2n) is 4.11. The van der Waals surface area contributed by atoms with Crippen LogP contribution in [-0.4, -0.2) is 21.0 Å². The average molecular weight is 262 g/mol. The van der Waals surface area contributed by atoms with E-state index in [9.17, 15) is 4.79 Å². The van der Waals surface area contributed by atoms with E-state index in [1.165, 1.54) is 12.1 Å². The molecule has 0 fully saturated rings. The van der Waals surface area contributed by atoms with Gasteiger partial charge in [0, 0.05) is 0 Å². The molecule has 0 aromatic carbocycles. The standard InChI is InChI=1S/C12H14N4O3/c1-6-5-14-11(19-6)7(2)15-10-8(13)3-4-9(16-10)12(17)18/h3-5,7H,13H2,1-2H3,(H,15,16)(H,17,18). The van der Waals surface area contributed by atoms with Crippen LogP contribution in [0, 0.1) is 6.92 Å². The Kier molecular flexibility index (Phi) is 3.37. The summed E-state index contributed by atoms with van der Waals surface area (Å²) in [6, 6.07) is 2.57. The van der Waals surface area contributed by atoms with E-state index in [1.807, 2.05) is 6.92 Å². The smallest absolute Gasteiger partial charge is 0.354 e. The largest absolute Gasteiger partial charge is 0.477 e. The zero-order chi connectivity index (χ0) is 14.0. The van der Waals surface area contributed by atoms with Crippen molar-refractivity contribution in [1.82, 2.24) is 9.97 Å². The van der Waals surface area contributed by atoms with Crippen LogP contribution in [0.5, 0.6) is 0 Å². The summed E-state index contributed by atoms with van der Waals surface area (Å²) in [7, 11) is 0. The number of anilines is 2. The number of nitrogens with two attached hydrogens (primary N) is 1. The van der Waals surface area contributed by atoms with Crippen molar-refractivity contribution >= 4 is 17.5 Å². The minimum absolute atomic E-state index is 0.0764. The van der Waals surface area contributed by atoms with Gasteiger partial charge in [0.25, 0.3) is 0 Å². The quantitative estimate of drug-likeness (QED) is 0.769. The maximum atomic E-state index is 10.9. The summed E-state index contributed by atoms with van der Waals surface area (Å²) in [4.78, 5) is 18.9. The van der Waals surface area contributed by atoms with E-state index in [2.05, 4.69) is 15.3 Å². The number of carboxylic acid groups (broad SMARTS) is 1. The van der Waals surface area contributed by atoms with Gasteiger partial charge in [0.15, 0.2) is 11.5 Å². The van der Waals surface area contributed by atoms with Crippen molar-refractivity contribution in [2.24, 2.45) is 0 Å². The number of nitrogen functional groups attached to an aromatic ring is 1. The Balaban J connectivity index is 2.22. The molecule has 0 aliphatic heterocycles. The summed E-state index contributed by atoms with van der Waals surface area (Å²) < 4.78 is 5.38. The maximum absolute atomic E-state index is 10.9. The van der Waals surface area contributed by atoms with Gasteiger partial charge in [0.2, 0.25) is 5.89 Å². The molecule has 1 atom stereocenters. The summed E-state index contributed by atoms with van der Waals surface area (Å²) in [5.41, 5.74) is 6.04. The molecule has 0 bridgehead atoms. The molecule has 0 radical (unpaired) electrons. The Morgan fingerprint density at radius 1 is 1.53 bits per heavy atom. The molecule has 0 saturated heterocycles. The number of oxazole rings is 1. The normalized spacial score (nSPS) is 12.1. The Labute approximate surface area is 109 Å². The summed E-state index contributed by atoms with van der Waals surface area (Å²) in [5.74, 6) is 0.370. The fourth-order valence-electron chi connectivity index (χ4n) is 1.54. The number of aryl methyl sites for hydroxylation is 1. The van der Waals surface area contributed by atoms with E-state index in [0.29, 0.717) is 23.2 Å². The molecule has 0 spiro atoms. The molecule has 19 heavy (non-hydrogen) atoms. The number of rotatable bonds is 4. The molecular formula is C12H14N4O3. The first-order chi connectivity index (χ1) is 8.97. The van der Waals surface area contributed by atoms with Gasteiger partial charge < -0.3 is 20.6 Å². The van der Waals surface area contributed by atoms with Gasteiger partial charge in [-0.3, -0.25) is 0 Å². The van der Waals surface area contributed by atoms with Crippen LogP contribution in [0.25, 0.3) is 0 Å². The van der Waals surface area contributed by atoms with Crippen molar-refractivity contribution in [3.8, 4) is 0 Å². The molecular weight excluding hydrogens is 248 g/mol. The minimum atomic E-state index is -1.11. The van der Waals surface area contributed by atoms with Crippen molar-refractivity contribution in [3.05, 3.63) is 35.7 Å².